The van der Waals surface area contributed by atoms with Crippen molar-refractivity contribution >= 4 is 0 Å². The standard InChI is InChI=1S/C13H12FNO2/c14-11-4-1-3-10(7-11)13(16)9-17-12-5-2-6-15-8-12/h1-8,13,16H,9H2. The molecule has 2 rings (SSSR count). The van der Waals surface area contributed by atoms with Gasteiger partial charge in [0.2, 0.25) is 0 Å². The molecule has 4 heteroatoms. The Kier molecular flexibility index (Phi) is 3.67. The summed E-state index contributed by atoms with van der Waals surface area (Å²) >= 11 is 0. The van der Waals surface area contributed by atoms with Gasteiger partial charge in [0.15, 0.2) is 0 Å². The predicted octanol–water partition coefficient (Wildman–Crippen LogP) is 2.33. The highest BCUT2D eigenvalue weighted by Crippen LogP contribution is 2.16. The van der Waals surface area contributed by atoms with E-state index < -0.39 is 6.10 Å². The van der Waals surface area contributed by atoms with Gasteiger partial charge in [-0.05, 0) is 29.8 Å². The molecular formula is C13H12FNO2. The third-order valence-electron chi connectivity index (χ3n) is 2.28. The summed E-state index contributed by atoms with van der Waals surface area (Å²) in [4.78, 5) is 3.88. The average molecular weight is 233 g/mol. The molecule has 88 valence electrons. The second-order valence-electron chi connectivity index (χ2n) is 3.57. The molecule has 0 saturated carbocycles. The van der Waals surface area contributed by atoms with Crippen LogP contribution < -0.4 is 4.74 Å². The van der Waals surface area contributed by atoms with Crippen LogP contribution in [0.4, 0.5) is 4.39 Å². The smallest absolute Gasteiger partial charge is 0.137 e. The minimum atomic E-state index is -0.856. The van der Waals surface area contributed by atoms with E-state index in [0.29, 0.717) is 11.3 Å². The number of pyridine rings is 1. The normalized spacial score (nSPS) is 12.1. The van der Waals surface area contributed by atoms with E-state index in [-0.39, 0.29) is 12.4 Å². The number of hydrogen-bond donors (Lipinski definition) is 1. The molecule has 0 bridgehead atoms. The predicted molar refractivity (Wildman–Crippen MR) is 61.1 cm³/mol. The van der Waals surface area contributed by atoms with E-state index in [0.717, 1.165) is 0 Å². The molecule has 17 heavy (non-hydrogen) atoms. The van der Waals surface area contributed by atoms with Gasteiger partial charge in [-0.15, -0.1) is 0 Å². The van der Waals surface area contributed by atoms with E-state index in [1.165, 1.54) is 12.1 Å². The van der Waals surface area contributed by atoms with Crippen LogP contribution in [0.25, 0.3) is 0 Å². The first kappa shape index (κ1) is 11.5. The first-order chi connectivity index (χ1) is 8.25. The van der Waals surface area contributed by atoms with Crippen molar-refractivity contribution < 1.29 is 14.2 Å². The lowest BCUT2D eigenvalue weighted by Crippen LogP contribution is -2.09. The lowest BCUT2D eigenvalue weighted by molar-refractivity contribution is 0.107. The summed E-state index contributed by atoms with van der Waals surface area (Å²) in [5, 5.41) is 9.79. The number of ether oxygens (including phenoxy) is 1. The topological polar surface area (TPSA) is 42.4 Å². The van der Waals surface area contributed by atoms with E-state index in [9.17, 15) is 9.50 Å². The van der Waals surface area contributed by atoms with Gasteiger partial charge in [-0.2, -0.15) is 0 Å². The van der Waals surface area contributed by atoms with Crippen LogP contribution in [0.5, 0.6) is 5.75 Å². The number of benzene rings is 1. The Morgan fingerprint density at radius 3 is 2.88 bits per heavy atom. The quantitative estimate of drug-likeness (QED) is 0.881. The molecule has 3 nitrogen and oxygen atoms in total. The monoisotopic (exact) mass is 233 g/mol. The van der Waals surface area contributed by atoms with Crippen LogP contribution in [-0.4, -0.2) is 16.7 Å². The highest BCUT2D eigenvalue weighted by Gasteiger charge is 2.09. The highest BCUT2D eigenvalue weighted by atomic mass is 19.1. The van der Waals surface area contributed by atoms with Crippen LogP contribution in [0, 0.1) is 5.82 Å². The van der Waals surface area contributed by atoms with Gasteiger partial charge in [0.05, 0.1) is 6.20 Å². The van der Waals surface area contributed by atoms with Crippen molar-refractivity contribution in [1.82, 2.24) is 4.98 Å². The van der Waals surface area contributed by atoms with Crippen molar-refractivity contribution in [2.45, 2.75) is 6.10 Å². The van der Waals surface area contributed by atoms with Crippen molar-refractivity contribution in [2.24, 2.45) is 0 Å². The maximum Gasteiger partial charge on any atom is 0.137 e. The fourth-order valence-corrected chi connectivity index (χ4v) is 1.42. The molecule has 0 aliphatic carbocycles. The Morgan fingerprint density at radius 2 is 2.18 bits per heavy atom. The van der Waals surface area contributed by atoms with Gasteiger partial charge in [0, 0.05) is 6.20 Å². The van der Waals surface area contributed by atoms with Gasteiger partial charge in [-0.25, -0.2) is 4.39 Å². The van der Waals surface area contributed by atoms with Gasteiger partial charge in [-0.3, -0.25) is 4.98 Å². The van der Waals surface area contributed by atoms with E-state index in [1.807, 2.05) is 0 Å². The Hall–Kier alpha value is -1.94. The van der Waals surface area contributed by atoms with Gasteiger partial charge in [-0.1, -0.05) is 12.1 Å². The molecule has 1 aromatic carbocycles. The second-order valence-corrected chi connectivity index (χ2v) is 3.57. The van der Waals surface area contributed by atoms with Gasteiger partial charge >= 0.3 is 0 Å². The Bertz CT molecular complexity index is 476. The second kappa shape index (κ2) is 5.41. The van der Waals surface area contributed by atoms with Crippen molar-refractivity contribution in [3.63, 3.8) is 0 Å². The van der Waals surface area contributed by atoms with Crippen LogP contribution >= 0.6 is 0 Å². The summed E-state index contributed by atoms with van der Waals surface area (Å²) in [6.07, 6.45) is 2.33. The van der Waals surface area contributed by atoms with E-state index in [4.69, 9.17) is 4.74 Å². The first-order valence-corrected chi connectivity index (χ1v) is 5.22. The van der Waals surface area contributed by atoms with Crippen LogP contribution in [0.3, 0.4) is 0 Å². The zero-order valence-electron chi connectivity index (χ0n) is 9.08. The lowest BCUT2D eigenvalue weighted by Gasteiger charge is -2.12. The van der Waals surface area contributed by atoms with Crippen molar-refractivity contribution in [2.75, 3.05) is 6.61 Å². The number of aliphatic hydroxyl groups excluding tert-OH is 1. The molecule has 0 amide bonds. The number of rotatable bonds is 4. The maximum atomic E-state index is 12.9. The van der Waals surface area contributed by atoms with E-state index >= 15 is 0 Å². The fraction of sp³-hybridized carbons (Fsp3) is 0.154. The molecule has 1 unspecified atom stereocenters. The molecule has 0 saturated heterocycles. The van der Waals surface area contributed by atoms with Gasteiger partial charge in [0.25, 0.3) is 0 Å². The highest BCUT2D eigenvalue weighted by molar-refractivity contribution is 5.20. The van der Waals surface area contributed by atoms with Crippen LogP contribution in [0.1, 0.15) is 11.7 Å². The molecule has 0 aliphatic rings. The molecule has 0 aliphatic heterocycles. The summed E-state index contributed by atoms with van der Waals surface area (Å²) in [5.74, 6) is 0.200. The van der Waals surface area contributed by atoms with Crippen LogP contribution in [0.2, 0.25) is 0 Å². The first-order valence-electron chi connectivity index (χ1n) is 5.22. The summed E-state index contributed by atoms with van der Waals surface area (Å²) < 4.78 is 18.3. The van der Waals surface area contributed by atoms with E-state index in [1.54, 1.807) is 36.7 Å². The molecular weight excluding hydrogens is 221 g/mol. The summed E-state index contributed by atoms with van der Waals surface area (Å²) in [5.41, 5.74) is 0.494. The Morgan fingerprint density at radius 1 is 1.29 bits per heavy atom. The number of aromatic nitrogens is 1. The molecule has 0 fully saturated rings. The minimum Gasteiger partial charge on any atom is -0.489 e. The van der Waals surface area contributed by atoms with E-state index in [2.05, 4.69) is 4.98 Å². The number of hydrogen-bond acceptors (Lipinski definition) is 3. The summed E-state index contributed by atoms with van der Waals surface area (Å²) in [6.45, 7) is 0.0646. The zero-order valence-corrected chi connectivity index (χ0v) is 9.08. The molecule has 0 radical (unpaired) electrons. The number of aliphatic hydroxyl groups is 1. The fourth-order valence-electron chi connectivity index (χ4n) is 1.42. The molecule has 1 N–H and O–H groups in total. The lowest BCUT2D eigenvalue weighted by atomic mass is 10.1. The van der Waals surface area contributed by atoms with Crippen molar-refractivity contribution in [1.29, 1.82) is 0 Å². The van der Waals surface area contributed by atoms with Gasteiger partial charge in [0.1, 0.15) is 24.3 Å². The summed E-state index contributed by atoms with van der Waals surface area (Å²) in [6, 6.07) is 9.31. The zero-order chi connectivity index (χ0) is 12.1. The van der Waals surface area contributed by atoms with Crippen LogP contribution in [0.15, 0.2) is 48.8 Å². The number of nitrogens with zero attached hydrogens (tertiary/aromatic N) is 1. The van der Waals surface area contributed by atoms with Crippen molar-refractivity contribution in [3.05, 3.63) is 60.2 Å². The molecule has 1 atom stereocenters. The SMILES string of the molecule is OC(COc1cccnc1)c1cccc(F)c1. The average Bonchev–Trinajstić information content (AvgIpc) is 2.37. The minimum absolute atomic E-state index is 0.0646. The Labute approximate surface area is 98.5 Å². The summed E-state index contributed by atoms with van der Waals surface area (Å²) in [7, 11) is 0. The largest absolute Gasteiger partial charge is 0.489 e. The molecule has 1 heterocycles. The number of halogens is 1. The molecule has 2 aromatic rings. The van der Waals surface area contributed by atoms with Crippen LogP contribution in [-0.2, 0) is 0 Å². The molecule has 0 spiro atoms. The third-order valence-corrected chi connectivity index (χ3v) is 2.28. The third kappa shape index (κ3) is 3.26. The van der Waals surface area contributed by atoms with Crippen molar-refractivity contribution in [3.8, 4) is 5.75 Å². The molecule has 1 aromatic heterocycles. The van der Waals surface area contributed by atoms with Gasteiger partial charge < -0.3 is 9.84 Å². The maximum absolute atomic E-state index is 12.9. The Balaban J connectivity index is 1.96.